The van der Waals surface area contributed by atoms with Gasteiger partial charge < -0.3 is 9.47 Å². The molecule has 18 heavy (non-hydrogen) atoms. The van der Waals surface area contributed by atoms with Crippen LogP contribution in [0.15, 0.2) is 18.2 Å². The SMILES string of the molecule is COc1ccc(C(C)(C)C)cc1C1CCC(=O)O1. The van der Waals surface area contributed by atoms with E-state index >= 15 is 0 Å². The van der Waals surface area contributed by atoms with Crippen LogP contribution in [0, 0.1) is 0 Å². The summed E-state index contributed by atoms with van der Waals surface area (Å²) in [5.74, 6) is 0.672. The van der Waals surface area contributed by atoms with Gasteiger partial charge in [-0.1, -0.05) is 26.8 Å². The number of cyclic esters (lactones) is 1. The van der Waals surface area contributed by atoms with Gasteiger partial charge in [-0.25, -0.2) is 0 Å². The molecule has 0 bridgehead atoms. The van der Waals surface area contributed by atoms with Crippen LogP contribution in [0.4, 0.5) is 0 Å². The summed E-state index contributed by atoms with van der Waals surface area (Å²) < 4.78 is 10.7. The summed E-state index contributed by atoms with van der Waals surface area (Å²) in [5, 5.41) is 0. The fraction of sp³-hybridized carbons (Fsp3) is 0.533. The van der Waals surface area contributed by atoms with Crippen LogP contribution in [0.2, 0.25) is 0 Å². The number of methoxy groups -OCH3 is 1. The summed E-state index contributed by atoms with van der Waals surface area (Å²) >= 11 is 0. The summed E-state index contributed by atoms with van der Waals surface area (Å²) in [4.78, 5) is 11.2. The number of hydrogen-bond donors (Lipinski definition) is 0. The highest BCUT2D eigenvalue weighted by Crippen LogP contribution is 2.37. The minimum atomic E-state index is -0.158. The molecule has 1 aromatic rings. The van der Waals surface area contributed by atoms with Gasteiger partial charge in [-0.2, -0.15) is 0 Å². The van der Waals surface area contributed by atoms with Crippen molar-refractivity contribution in [2.45, 2.75) is 45.1 Å². The van der Waals surface area contributed by atoms with Crippen molar-refractivity contribution in [2.75, 3.05) is 7.11 Å². The van der Waals surface area contributed by atoms with E-state index in [9.17, 15) is 4.79 Å². The average molecular weight is 248 g/mol. The van der Waals surface area contributed by atoms with Crippen molar-refractivity contribution >= 4 is 5.97 Å². The molecule has 0 amide bonds. The quantitative estimate of drug-likeness (QED) is 0.753. The largest absolute Gasteiger partial charge is 0.496 e. The Labute approximate surface area is 108 Å². The molecule has 0 radical (unpaired) electrons. The van der Waals surface area contributed by atoms with E-state index in [0.717, 1.165) is 17.7 Å². The van der Waals surface area contributed by atoms with Crippen molar-refractivity contribution in [3.8, 4) is 5.75 Å². The lowest BCUT2D eigenvalue weighted by Gasteiger charge is -2.22. The third kappa shape index (κ3) is 2.50. The fourth-order valence-electron chi connectivity index (χ4n) is 2.20. The molecule has 98 valence electrons. The molecule has 0 N–H and O–H groups in total. The van der Waals surface area contributed by atoms with Crippen molar-refractivity contribution in [1.29, 1.82) is 0 Å². The Morgan fingerprint density at radius 1 is 1.33 bits per heavy atom. The summed E-state index contributed by atoms with van der Waals surface area (Å²) in [6.45, 7) is 6.50. The van der Waals surface area contributed by atoms with Gasteiger partial charge in [-0.05, 0) is 29.5 Å². The van der Waals surface area contributed by atoms with Crippen molar-refractivity contribution in [2.24, 2.45) is 0 Å². The van der Waals surface area contributed by atoms with E-state index in [1.165, 1.54) is 5.56 Å². The minimum absolute atomic E-state index is 0.0731. The molecule has 1 saturated heterocycles. The highest BCUT2D eigenvalue weighted by Gasteiger charge is 2.28. The zero-order valence-electron chi connectivity index (χ0n) is 11.4. The lowest BCUT2D eigenvalue weighted by atomic mass is 9.85. The van der Waals surface area contributed by atoms with Gasteiger partial charge in [0.15, 0.2) is 0 Å². The number of carbonyl (C=O) groups is 1. The number of esters is 1. The lowest BCUT2D eigenvalue weighted by Crippen LogP contribution is -2.12. The molecule has 1 heterocycles. The van der Waals surface area contributed by atoms with E-state index < -0.39 is 0 Å². The highest BCUT2D eigenvalue weighted by atomic mass is 16.6. The summed E-state index contributed by atoms with van der Waals surface area (Å²) in [6, 6.07) is 6.13. The van der Waals surface area contributed by atoms with Gasteiger partial charge in [0.05, 0.1) is 7.11 Å². The molecule has 1 aliphatic heterocycles. The molecular weight excluding hydrogens is 228 g/mol. The molecule has 1 unspecified atom stereocenters. The molecule has 3 heteroatoms. The molecule has 3 nitrogen and oxygen atoms in total. The Morgan fingerprint density at radius 3 is 2.56 bits per heavy atom. The molecule has 0 spiro atoms. The standard InChI is InChI=1S/C15H20O3/c1-15(2,3)10-5-6-12(17-4)11(9-10)13-7-8-14(16)18-13/h5-6,9,13H,7-8H2,1-4H3. The van der Waals surface area contributed by atoms with Crippen LogP contribution in [0.25, 0.3) is 0 Å². The second-order valence-electron chi connectivity index (χ2n) is 5.72. The van der Waals surface area contributed by atoms with Crippen LogP contribution in [0.3, 0.4) is 0 Å². The predicted octanol–water partition coefficient (Wildman–Crippen LogP) is 3.37. The molecule has 1 atom stereocenters. The molecule has 0 aliphatic carbocycles. The molecular formula is C15H20O3. The molecule has 2 rings (SSSR count). The van der Waals surface area contributed by atoms with Gasteiger partial charge in [0.25, 0.3) is 0 Å². The zero-order chi connectivity index (χ0) is 13.3. The maximum atomic E-state index is 11.2. The molecule has 1 fully saturated rings. The molecule has 1 aliphatic rings. The van der Waals surface area contributed by atoms with Crippen LogP contribution in [0.5, 0.6) is 5.75 Å². The van der Waals surface area contributed by atoms with Crippen LogP contribution >= 0.6 is 0 Å². The first-order valence-corrected chi connectivity index (χ1v) is 6.29. The molecule has 1 aromatic carbocycles. The third-order valence-electron chi connectivity index (χ3n) is 3.33. The second-order valence-corrected chi connectivity index (χ2v) is 5.72. The third-order valence-corrected chi connectivity index (χ3v) is 3.33. The molecule has 0 aromatic heterocycles. The first-order valence-electron chi connectivity index (χ1n) is 6.29. The van der Waals surface area contributed by atoms with Gasteiger partial charge in [0.2, 0.25) is 0 Å². The Kier molecular flexibility index (Phi) is 3.33. The van der Waals surface area contributed by atoms with Gasteiger partial charge in [-0.3, -0.25) is 4.79 Å². The Bertz CT molecular complexity index is 457. The first-order chi connectivity index (χ1) is 8.41. The van der Waals surface area contributed by atoms with Gasteiger partial charge in [-0.15, -0.1) is 0 Å². The fourth-order valence-corrected chi connectivity index (χ4v) is 2.20. The maximum Gasteiger partial charge on any atom is 0.306 e. The van der Waals surface area contributed by atoms with Crippen LogP contribution in [-0.2, 0) is 14.9 Å². The number of rotatable bonds is 2. The van der Waals surface area contributed by atoms with Crippen LogP contribution in [-0.4, -0.2) is 13.1 Å². The van der Waals surface area contributed by atoms with Crippen LogP contribution < -0.4 is 4.74 Å². The summed E-state index contributed by atoms with van der Waals surface area (Å²) in [7, 11) is 1.65. The topological polar surface area (TPSA) is 35.5 Å². The maximum absolute atomic E-state index is 11.2. The Hall–Kier alpha value is -1.51. The van der Waals surface area contributed by atoms with Gasteiger partial charge >= 0.3 is 5.97 Å². The first kappa shape index (κ1) is 12.9. The van der Waals surface area contributed by atoms with Gasteiger partial charge in [0, 0.05) is 12.0 Å². The smallest absolute Gasteiger partial charge is 0.306 e. The molecule has 0 saturated carbocycles. The van der Waals surface area contributed by atoms with E-state index in [-0.39, 0.29) is 17.5 Å². The second kappa shape index (κ2) is 4.63. The van der Waals surface area contributed by atoms with E-state index in [4.69, 9.17) is 9.47 Å². The van der Waals surface area contributed by atoms with E-state index in [1.807, 2.05) is 6.07 Å². The van der Waals surface area contributed by atoms with Crippen molar-refractivity contribution < 1.29 is 14.3 Å². The van der Waals surface area contributed by atoms with Gasteiger partial charge in [0.1, 0.15) is 11.9 Å². The highest BCUT2D eigenvalue weighted by molar-refractivity contribution is 5.72. The van der Waals surface area contributed by atoms with Crippen molar-refractivity contribution in [3.05, 3.63) is 29.3 Å². The number of hydrogen-bond acceptors (Lipinski definition) is 3. The number of benzene rings is 1. The van der Waals surface area contributed by atoms with Crippen LogP contribution in [0.1, 0.15) is 50.8 Å². The van der Waals surface area contributed by atoms with Crippen molar-refractivity contribution in [1.82, 2.24) is 0 Å². The summed E-state index contributed by atoms with van der Waals surface area (Å²) in [5.41, 5.74) is 2.28. The average Bonchev–Trinajstić information content (AvgIpc) is 2.73. The predicted molar refractivity (Wildman–Crippen MR) is 69.8 cm³/mol. The van der Waals surface area contributed by atoms with E-state index in [1.54, 1.807) is 7.11 Å². The summed E-state index contributed by atoms with van der Waals surface area (Å²) in [6.07, 6.45) is 1.07. The Morgan fingerprint density at radius 2 is 2.06 bits per heavy atom. The zero-order valence-corrected chi connectivity index (χ0v) is 11.4. The van der Waals surface area contributed by atoms with E-state index in [2.05, 4.69) is 32.9 Å². The number of carbonyl (C=O) groups excluding carboxylic acids is 1. The monoisotopic (exact) mass is 248 g/mol. The number of ether oxygens (including phenoxy) is 2. The minimum Gasteiger partial charge on any atom is -0.496 e. The lowest BCUT2D eigenvalue weighted by molar-refractivity contribution is -0.141. The van der Waals surface area contributed by atoms with E-state index in [0.29, 0.717) is 6.42 Å². The van der Waals surface area contributed by atoms with Crippen molar-refractivity contribution in [3.63, 3.8) is 0 Å². The Balaban J connectivity index is 2.40. The normalized spacial score (nSPS) is 19.8.